The zero-order chi connectivity index (χ0) is 25.9. The number of nitrogens with one attached hydrogen (secondary N) is 3. The normalized spacial score (nSPS) is 10.5. The second kappa shape index (κ2) is 14.2. The molecule has 0 saturated carbocycles. The Balaban J connectivity index is 1.40. The maximum Gasteiger partial charge on any atom is 0.276 e. The van der Waals surface area contributed by atoms with Gasteiger partial charge in [-0.2, -0.15) is 0 Å². The third-order valence-corrected chi connectivity index (χ3v) is 6.68. The fraction of sp³-hybridized carbons (Fsp3) is 0.269. The van der Waals surface area contributed by atoms with E-state index >= 15 is 0 Å². The first kappa shape index (κ1) is 27.9. The minimum atomic E-state index is -0.463. The summed E-state index contributed by atoms with van der Waals surface area (Å²) in [6.45, 7) is 2.57. The van der Waals surface area contributed by atoms with Gasteiger partial charge in [0.2, 0.25) is 0 Å². The van der Waals surface area contributed by atoms with Gasteiger partial charge >= 0.3 is 0 Å². The molecule has 190 valence electrons. The summed E-state index contributed by atoms with van der Waals surface area (Å²) < 4.78 is 13.0. The van der Waals surface area contributed by atoms with Crippen molar-refractivity contribution in [2.45, 2.75) is 32.6 Å². The van der Waals surface area contributed by atoms with Crippen LogP contribution in [0.2, 0.25) is 0 Å². The van der Waals surface area contributed by atoms with Crippen molar-refractivity contribution >= 4 is 71.8 Å². The first-order valence-corrected chi connectivity index (χ1v) is 13.5. The number of halogens is 2. The van der Waals surface area contributed by atoms with Crippen molar-refractivity contribution in [3.05, 3.63) is 69.1 Å². The second-order valence-corrected chi connectivity index (χ2v) is 10.0. The molecular weight excluding hydrogens is 610 g/mol. The maximum atomic E-state index is 12.4. The number of fused-ring (bicyclic) bond motifs is 1. The molecule has 3 aromatic rings. The third kappa shape index (κ3) is 8.46. The number of hydrazine groups is 1. The van der Waals surface area contributed by atoms with E-state index in [9.17, 15) is 9.59 Å². The molecule has 0 aliphatic rings. The highest BCUT2D eigenvalue weighted by Gasteiger charge is 2.11. The summed E-state index contributed by atoms with van der Waals surface area (Å²) in [5.41, 5.74) is 5.33. The zero-order valence-electron chi connectivity index (χ0n) is 19.7. The van der Waals surface area contributed by atoms with E-state index in [0.29, 0.717) is 23.7 Å². The van der Waals surface area contributed by atoms with Crippen molar-refractivity contribution in [1.82, 2.24) is 16.2 Å². The van der Waals surface area contributed by atoms with E-state index in [0.717, 1.165) is 32.6 Å². The van der Waals surface area contributed by atoms with E-state index in [1.54, 1.807) is 30.3 Å². The molecular formula is C26H27Br2N3O4S. The quantitative estimate of drug-likeness (QED) is 0.143. The van der Waals surface area contributed by atoms with Crippen molar-refractivity contribution < 1.29 is 19.1 Å². The number of carbonyl (C=O) groups is 2. The first-order chi connectivity index (χ1) is 17.4. The third-order valence-electron chi connectivity index (χ3n) is 5.17. The topological polar surface area (TPSA) is 88.7 Å². The minimum Gasteiger partial charge on any atom is -0.494 e. The van der Waals surface area contributed by atoms with Crippen LogP contribution in [-0.2, 0) is 4.79 Å². The molecule has 10 heteroatoms. The summed E-state index contributed by atoms with van der Waals surface area (Å²) in [5, 5.41) is 4.47. The number of benzene rings is 3. The highest BCUT2D eigenvalue weighted by atomic mass is 79.9. The summed E-state index contributed by atoms with van der Waals surface area (Å²) in [5.74, 6) is 0.375. The molecule has 0 radical (unpaired) electrons. The molecule has 36 heavy (non-hydrogen) atoms. The summed E-state index contributed by atoms with van der Waals surface area (Å²) >= 11 is 12.1. The molecule has 3 rings (SSSR count). The number of carbonyl (C=O) groups excluding carboxylic acids is 2. The van der Waals surface area contributed by atoms with Gasteiger partial charge in [-0.3, -0.25) is 25.8 Å². The molecule has 0 unspecified atom stereocenters. The Morgan fingerprint density at radius 2 is 1.69 bits per heavy atom. The van der Waals surface area contributed by atoms with E-state index in [-0.39, 0.29) is 11.7 Å². The van der Waals surface area contributed by atoms with Crippen LogP contribution in [-0.4, -0.2) is 30.1 Å². The van der Waals surface area contributed by atoms with Gasteiger partial charge in [0.05, 0.1) is 11.1 Å². The summed E-state index contributed by atoms with van der Waals surface area (Å²) in [4.78, 5) is 24.6. The molecule has 7 nitrogen and oxygen atoms in total. The summed E-state index contributed by atoms with van der Waals surface area (Å²) in [7, 11) is 0. The number of unbranched alkanes of at least 4 members (excludes halogenated alkanes) is 3. The van der Waals surface area contributed by atoms with Crippen LogP contribution in [0.1, 0.15) is 43.0 Å². The lowest BCUT2D eigenvalue weighted by molar-refractivity contribution is -0.123. The van der Waals surface area contributed by atoms with Gasteiger partial charge in [-0.05, 0) is 87.8 Å². The van der Waals surface area contributed by atoms with Gasteiger partial charge in [-0.1, -0.05) is 54.2 Å². The number of hydrogen-bond donors (Lipinski definition) is 3. The van der Waals surface area contributed by atoms with Crippen LogP contribution < -0.4 is 25.6 Å². The lowest BCUT2D eigenvalue weighted by Gasteiger charge is -2.13. The van der Waals surface area contributed by atoms with Crippen LogP contribution in [0.5, 0.6) is 11.5 Å². The average molecular weight is 637 g/mol. The van der Waals surface area contributed by atoms with E-state index in [2.05, 4.69) is 55.0 Å². The molecule has 0 bridgehead atoms. The molecule has 0 heterocycles. The monoisotopic (exact) mass is 635 g/mol. The van der Waals surface area contributed by atoms with E-state index < -0.39 is 11.8 Å². The Kier molecular flexibility index (Phi) is 11.0. The van der Waals surface area contributed by atoms with Crippen LogP contribution in [0, 0.1) is 0 Å². The molecule has 0 spiro atoms. The predicted octanol–water partition coefficient (Wildman–Crippen LogP) is 6.04. The largest absolute Gasteiger partial charge is 0.494 e. The number of hydrogen-bond acceptors (Lipinski definition) is 5. The Morgan fingerprint density at radius 3 is 2.44 bits per heavy atom. The van der Waals surface area contributed by atoms with Crippen LogP contribution in [0.3, 0.4) is 0 Å². The fourth-order valence-electron chi connectivity index (χ4n) is 3.29. The molecule has 0 saturated heterocycles. The van der Waals surface area contributed by atoms with Gasteiger partial charge < -0.3 is 9.47 Å². The van der Waals surface area contributed by atoms with Gasteiger partial charge in [-0.15, -0.1) is 0 Å². The van der Waals surface area contributed by atoms with Gasteiger partial charge in [0.25, 0.3) is 11.8 Å². The molecule has 0 fully saturated rings. The van der Waals surface area contributed by atoms with Crippen molar-refractivity contribution in [3.8, 4) is 11.5 Å². The van der Waals surface area contributed by atoms with Gasteiger partial charge in [0.1, 0.15) is 11.5 Å². The molecule has 3 N–H and O–H groups in total. The number of rotatable bonds is 10. The van der Waals surface area contributed by atoms with Crippen LogP contribution >= 0.6 is 44.1 Å². The number of amides is 2. The molecule has 3 aromatic carbocycles. The highest BCUT2D eigenvalue weighted by Crippen LogP contribution is 2.34. The second-order valence-electron chi connectivity index (χ2n) is 7.92. The van der Waals surface area contributed by atoms with Crippen molar-refractivity contribution in [1.29, 1.82) is 0 Å². The highest BCUT2D eigenvalue weighted by molar-refractivity contribution is 9.11. The SMILES string of the molecule is CCCCCCOc1ccc(C(=O)NC(=S)NNC(=O)COc2ccc3cc(Br)ccc3c2Br)cc1. The van der Waals surface area contributed by atoms with Crippen molar-refractivity contribution in [2.24, 2.45) is 0 Å². The minimum absolute atomic E-state index is 0.0398. The number of thiocarbonyl (C=S) groups is 1. The Morgan fingerprint density at radius 1 is 0.917 bits per heavy atom. The van der Waals surface area contributed by atoms with Crippen LogP contribution in [0.15, 0.2) is 63.5 Å². The van der Waals surface area contributed by atoms with E-state index in [1.165, 1.54) is 12.8 Å². The molecule has 2 amide bonds. The van der Waals surface area contributed by atoms with Gasteiger partial charge in [0, 0.05) is 10.0 Å². The standard InChI is InChI=1S/C26H27Br2N3O4S/c1-2-3-4-5-14-34-20-10-6-17(7-11-20)25(33)29-26(36)31-30-23(32)16-35-22-13-8-18-15-19(27)9-12-21(18)24(22)28/h6-13,15H,2-5,14,16H2,1H3,(H,30,32)(H2,29,31,33,36). The van der Waals surface area contributed by atoms with Gasteiger partial charge in [0.15, 0.2) is 11.7 Å². The van der Waals surface area contributed by atoms with E-state index in [1.807, 2.05) is 24.3 Å². The Hall–Kier alpha value is -2.69. The molecule has 0 atom stereocenters. The molecule has 0 aliphatic heterocycles. The van der Waals surface area contributed by atoms with Crippen LogP contribution in [0.4, 0.5) is 0 Å². The summed E-state index contributed by atoms with van der Waals surface area (Å²) in [6, 6.07) is 16.4. The van der Waals surface area contributed by atoms with Crippen molar-refractivity contribution in [3.63, 3.8) is 0 Å². The molecule has 0 aromatic heterocycles. The maximum absolute atomic E-state index is 12.4. The summed E-state index contributed by atoms with van der Waals surface area (Å²) in [6.07, 6.45) is 4.53. The van der Waals surface area contributed by atoms with Crippen molar-refractivity contribution in [2.75, 3.05) is 13.2 Å². The Labute approximate surface area is 232 Å². The average Bonchev–Trinajstić information content (AvgIpc) is 2.87. The smallest absolute Gasteiger partial charge is 0.276 e. The van der Waals surface area contributed by atoms with Crippen LogP contribution in [0.25, 0.3) is 10.8 Å². The fourth-order valence-corrected chi connectivity index (χ4v) is 4.42. The van der Waals surface area contributed by atoms with Gasteiger partial charge in [-0.25, -0.2) is 0 Å². The lowest BCUT2D eigenvalue weighted by atomic mass is 10.1. The predicted molar refractivity (Wildman–Crippen MR) is 152 cm³/mol. The molecule has 0 aliphatic carbocycles. The van der Waals surface area contributed by atoms with E-state index in [4.69, 9.17) is 21.7 Å². The number of ether oxygens (including phenoxy) is 2. The Bertz CT molecular complexity index is 1220. The zero-order valence-corrected chi connectivity index (χ0v) is 23.7. The lowest BCUT2D eigenvalue weighted by Crippen LogP contribution is -2.49. The first-order valence-electron chi connectivity index (χ1n) is 11.5.